The molecule has 0 aliphatic heterocycles. The average Bonchev–Trinajstić information content (AvgIpc) is 2.44. The molecule has 0 spiro atoms. The van der Waals surface area contributed by atoms with E-state index in [1.165, 1.54) is 17.0 Å². The third kappa shape index (κ3) is 2.08. The summed E-state index contributed by atoms with van der Waals surface area (Å²) in [4.78, 5) is 16.4. The van der Waals surface area contributed by atoms with Gasteiger partial charge in [0, 0.05) is 0 Å². The van der Waals surface area contributed by atoms with E-state index in [-0.39, 0.29) is 11.3 Å². The SMILES string of the molecule is O=c1c2cccc(O)c2ncn1Cc1ccccc1. The lowest BCUT2D eigenvalue weighted by atomic mass is 10.2. The maximum absolute atomic E-state index is 12.3. The van der Waals surface area contributed by atoms with Crippen molar-refractivity contribution in [2.24, 2.45) is 0 Å². The Morgan fingerprint density at radius 3 is 2.63 bits per heavy atom. The molecule has 4 nitrogen and oxygen atoms in total. The average molecular weight is 252 g/mol. The highest BCUT2D eigenvalue weighted by Gasteiger charge is 2.07. The normalized spacial score (nSPS) is 10.7. The summed E-state index contributed by atoms with van der Waals surface area (Å²) in [5, 5.41) is 10.1. The van der Waals surface area contributed by atoms with Gasteiger partial charge in [0.1, 0.15) is 11.3 Å². The van der Waals surface area contributed by atoms with Gasteiger partial charge in [-0.2, -0.15) is 0 Å². The Morgan fingerprint density at radius 2 is 1.84 bits per heavy atom. The Labute approximate surface area is 109 Å². The van der Waals surface area contributed by atoms with Crippen LogP contribution in [0.4, 0.5) is 0 Å². The third-order valence-corrected chi connectivity index (χ3v) is 3.03. The van der Waals surface area contributed by atoms with Crippen molar-refractivity contribution < 1.29 is 5.11 Å². The Bertz CT molecular complexity index is 779. The van der Waals surface area contributed by atoms with Crippen molar-refractivity contribution in [3.05, 3.63) is 70.8 Å². The van der Waals surface area contributed by atoms with Crippen LogP contribution in [0.1, 0.15) is 5.56 Å². The molecule has 3 rings (SSSR count). The molecular weight excluding hydrogens is 240 g/mol. The lowest BCUT2D eigenvalue weighted by molar-refractivity contribution is 0.480. The summed E-state index contributed by atoms with van der Waals surface area (Å²) in [5.74, 6) is 0.0291. The minimum absolute atomic E-state index is 0.0291. The van der Waals surface area contributed by atoms with E-state index in [0.29, 0.717) is 17.4 Å². The molecule has 0 saturated carbocycles. The van der Waals surface area contributed by atoms with Gasteiger partial charge in [0.25, 0.3) is 5.56 Å². The molecule has 1 N–H and O–H groups in total. The molecule has 19 heavy (non-hydrogen) atoms. The molecule has 0 radical (unpaired) electrons. The first kappa shape index (κ1) is 11.5. The molecule has 4 heteroatoms. The summed E-state index contributed by atoms with van der Waals surface area (Å²) in [6.45, 7) is 0.471. The van der Waals surface area contributed by atoms with Gasteiger partial charge in [0.15, 0.2) is 0 Å². The number of nitrogens with zero attached hydrogens (tertiary/aromatic N) is 2. The second-order valence-corrected chi connectivity index (χ2v) is 4.34. The molecule has 1 heterocycles. The zero-order valence-electron chi connectivity index (χ0n) is 10.2. The van der Waals surface area contributed by atoms with Crippen LogP contribution in [0.3, 0.4) is 0 Å². The van der Waals surface area contributed by atoms with Gasteiger partial charge < -0.3 is 5.11 Å². The summed E-state index contributed by atoms with van der Waals surface area (Å²) in [6.07, 6.45) is 1.47. The second kappa shape index (κ2) is 4.57. The van der Waals surface area contributed by atoms with E-state index in [0.717, 1.165) is 5.56 Å². The van der Waals surface area contributed by atoms with Gasteiger partial charge in [0.05, 0.1) is 18.3 Å². The number of hydrogen-bond donors (Lipinski definition) is 1. The van der Waals surface area contributed by atoms with Gasteiger partial charge in [-0.05, 0) is 17.7 Å². The predicted octanol–water partition coefficient (Wildman–Crippen LogP) is 2.15. The predicted molar refractivity (Wildman–Crippen MR) is 73.2 cm³/mol. The molecule has 2 aromatic carbocycles. The summed E-state index contributed by atoms with van der Waals surface area (Å²) in [5.41, 5.74) is 1.23. The lowest BCUT2D eigenvalue weighted by Gasteiger charge is -2.07. The number of aromatic nitrogens is 2. The van der Waals surface area contributed by atoms with Gasteiger partial charge in [-0.25, -0.2) is 4.98 Å². The maximum Gasteiger partial charge on any atom is 0.261 e. The summed E-state index contributed by atoms with van der Waals surface area (Å²) in [6, 6.07) is 14.6. The molecule has 0 unspecified atom stereocenters. The molecule has 0 saturated heterocycles. The van der Waals surface area contributed by atoms with Crippen LogP contribution in [0.2, 0.25) is 0 Å². The second-order valence-electron chi connectivity index (χ2n) is 4.34. The van der Waals surface area contributed by atoms with Gasteiger partial charge in [0.2, 0.25) is 0 Å². The fraction of sp³-hybridized carbons (Fsp3) is 0.0667. The Morgan fingerprint density at radius 1 is 1.05 bits per heavy atom. The highest BCUT2D eigenvalue weighted by atomic mass is 16.3. The molecule has 0 bridgehead atoms. The number of phenolic OH excluding ortho intramolecular Hbond substituents is 1. The van der Waals surface area contributed by atoms with Gasteiger partial charge in [-0.1, -0.05) is 36.4 Å². The van der Waals surface area contributed by atoms with Crippen molar-refractivity contribution in [3.63, 3.8) is 0 Å². The number of phenols is 1. The number of hydrogen-bond acceptors (Lipinski definition) is 3. The van der Waals surface area contributed by atoms with Crippen LogP contribution in [-0.4, -0.2) is 14.7 Å². The zero-order valence-corrected chi connectivity index (χ0v) is 10.2. The summed E-state index contributed by atoms with van der Waals surface area (Å²) in [7, 11) is 0. The number of fused-ring (bicyclic) bond motifs is 1. The van der Waals surface area contributed by atoms with Crippen LogP contribution in [-0.2, 0) is 6.54 Å². The van der Waals surface area contributed by atoms with Crippen molar-refractivity contribution in [2.45, 2.75) is 6.54 Å². The first-order valence-electron chi connectivity index (χ1n) is 5.97. The van der Waals surface area contributed by atoms with E-state index in [1.807, 2.05) is 30.3 Å². The molecule has 0 fully saturated rings. The summed E-state index contributed by atoms with van der Waals surface area (Å²) < 4.78 is 1.54. The molecule has 94 valence electrons. The van der Waals surface area contributed by atoms with Gasteiger partial charge >= 0.3 is 0 Å². The standard InChI is InChI=1S/C15H12N2O2/c18-13-8-4-7-12-14(13)16-10-17(15(12)19)9-11-5-2-1-3-6-11/h1-8,10,18H,9H2. The van der Waals surface area contributed by atoms with Gasteiger partial charge in [-0.15, -0.1) is 0 Å². The van der Waals surface area contributed by atoms with Crippen molar-refractivity contribution in [2.75, 3.05) is 0 Å². The topological polar surface area (TPSA) is 55.1 Å². The monoisotopic (exact) mass is 252 g/mol. The molecule has 0 aliphatic rings. The number of rotatable bonds is 2. The van der Waals surface area contributed by atoms with Crippen LogP contribution >= 0.6 is 0 Å². The van der Waals surface area contributed by atoms with Gasteiger partial charge in [-0.3, -0.25) is 9.36 Å². The highest BCUT2D eigenvalue weighted by Crippen LogP contribution is 2.18. The number of aromatic hydroxyl groups is 1. The molecule has 0 amide bonds. The Hall–Kier alpha value is -2.62. The third-order valence-electron chi connectivity index (χ3n) is 3.03. The molecule has 0 aliphatic carbocycles. The van der Waals surface area contributed by atoms with Crippen LogP contribution in [0.15, 0.2) is 59.7 Å². The van der Waals surface area contributed by atoms with Crippen LogP contribution in [0.5, 0.6) is 5.75 Å². The molecule has 3 aromatic rings. The van der Waals surface area contributed by atoms with Crippen molar-refractivity contribution >= 4 is 10.9 Å². The minimum atomic E-state index is -0.148. The lowest BCUT2D eigenvalue weighted by Crippen LogP contribution is -2.21. The van der Waals surface area contributed by atoms with E-state index < -0.39 is 0 Å². The zero-order chi connectivity index (χ0) is 13.2. The van der Waals surface area contributed by atoms with Crippen LogP contribution in [0.25, 0.3) is 10.9 Å². The quantitative estimate of drug-likeness (QED) is 0.760. The largest absolute Gasteiger partial charge is 0.506 e. The Kier molecular flexibility index (Phi) is 2.76. The minimum Gasteiger partial charge on any atom is -0.506 e. The van der Waals surface area contributed by atoms with E-state index >= 15 is 0 Å². The van der Waals surface area contributed by atoms with E-state index in [4.69, 9.17) is 0 Å². The molecule has 1 aromatic heterocycles. The van der Waals surface area contributed by atoms with E-state index in [1.54, 1.807) is 12.1 Å². The van der Waals surface area contributed by atoms with Crippen molar-refractivity contribution in [1.82, 2.24) is 9.55 Å². The highest BCUT2D eigenvalue weighted by molar-refractivity contribution is 5.82. The fourth-order valence-corrected chi connectivity index (χ4v) is 2.07. The van der Waals surface area contributed by atoms with E-state index in [2.05, 4.69) is 4.98 Å². The first-order chi connectivity index (χ1) is 9.25. The number of para-hydroxylation sites is 1. The first-order valence-corrected chi connectivity index (χ1v) is 5.97. The maximum atomic E-state index is 12.3. The Balaban J connectivity index is 2.11. The summed E-state index contributed by atoms with van der Waals surface area (Å²) >= 11 is 0. The van der Waals surface area contributed by atoms with Crippen molar-refractivity contribution in [1.29, 1.82) is 0 Å². The van der Waals surface area contributed by atoms with Crippen LogP contribution < -0.4 is 5.56 Å². The van der Waals surface area contributed by atoms with Crippen LogP contribution in [0, 0.1) is 0 Å². The molecule has 0 atom stereocenters. The smallest absolute Gasteiger partial charge is 0.261 e. The van der Waals surface area contributed by atoms with Crippen molar-refractivity contribution in [3.8, 4) is 5.75 Å². The molecular formula is C15H12N2O2. The number of benzene rings is 2. The fourth-order valence-electron chi connectivity index (χ4n) is 2.07. The van der Waals surface area contributed by atoms with E-state index in [9.17, 15) is 9.90 Å².